The quantitative estimate of drug-likeness (QED) is 0.743. The smallest absolute Gasteiger partial charge is 0.0614 e. The highest BCUT2D eigenvalue weighted by Crippen LogP contribution is 2.30. The van der Waals surface area contributed by atoms with Crippen LogP contribution >= 0.6 is 11.6 Å². The molecule has 1 fully saturated rings. The third-order valence-corrected chi connectivity index (χ3v) is 3.23. The van der Waals surface area contributed by atoms with Crippen LogP contribution in [0, 0.1) is 5.92 Å². The fourth-order valence-electron chi connectivity index (χ4n) is 2.20. The predicted octanol–water partition coefficient (Wildman–Crippen LogP) is 3.16. The Bertz CT molecular complexity index is 351. The van der Waals surface area contributed by atoms with Crippen molar-refractivity contribution in [1.29, 1.82) is 0 Å². The summed E-state index contributed by atoms with van der Waals surface area (Å²) in [5, 5.41) is 0.762. The van der Waals surface area contributed by atoms with Crippen LogP contribution in [-0.2, 0) is 0 Å². The standard InChI is InChI=1S/C12H17ClN2/c1-9-3-2-6-15(8-9)12-7-10(13)4-5-11(12)14/h4-5,7,9H,2-3,6,8,14H2,1H3. The normalized spacial score (nSPS) is 21.7. The summed E-state index contributed by atoms with van der Waals surface area (Å²) in [6.07, 6.45) is 2.56. The molecule has 0 spiro atoms. The van der Waals surface area contributed by atoms with E-state index in [1.165, 1.54) is 12.8 Å². The second kappa shape index (κ2) is 4.31. The first-order valence-electron chi connectivity index (χ1n) is 5.47. The molecule has 2 nitrogen and oxygen atoms in total. The van der Waals surface area contributed by atoms with Gasteiger partial charge in [0, 0.05) is 18.1 Å². The van der Waals surface area contributed by atoms with Gasteiger partial charge >= 0.3 is 0 Å². The molecule has 82 valence electrons. The lowest BCUT2D eigenvalue weighted by Gasteiger charge is -2.33. The van der Waals surface area contributed by atoms with Gasteiger partial charge in [0.15, 0.2) is 0 Å². The molecule has 0 bridgehead atoms. The van der Waals surface area contributed by atoms with Crippen molar-refractivity contribution in [2.75, 3.05) is 23.7 Å². The number of benzene rings is 1. The van der Waals surface area contributed by atoms with E-state index in [4.69, 9.17) is 17.3 Å². The van der Waals surface area contributed by atoms with E-state index in [9.17, 15) is 0 Å². The number of anilines is 2. The monoisotopic (exact) mass is 224 g/mol. The van der Waals surface area contributed by atoms with Gasteiger partial charge in [-0.15, -0.1) is 0 Å². The van der Waals surface area contributed by atoms with E-state index < -0.39 is 0 Å². The van der Waals surface area contributed by atoms with E-state index in [1.54, 1.807) is 0 Å². The molecule has 2 rings (SSSR count). The van der Waals surface area contributed by atoms with E-state index in [0.717, 1.165) is 35.4 Å². The Kier molecular flexibility index (Phi) is 3.06. The van der Waals surface area contributed by atoms with Gasteiger partial charge in [0.25, 0.3) is 0 Å². The molecule has 1 unspecified atom stereocenters. The molecule has 1 atom stereocenters. The first kappa shape index (κ1) is 10.6. The summed E-state index contributed by atoms with van der Waals surface area (Å²) < 4.78 is 0. The molecule has 0 aromatic heterocycles. The number of hydrogen-bond donors (Lipinski definition) is 1. The summed E-state index contributed by atoms with van der Waals surface area (Å²) in [7, 11) is 0. The minimum atomic E-state index is 0.747. The van der Waals surface area contributed by atoms with Gasteiger partial charge < -0.3 is 10.6 Å². The Labute approximate surface area is 96.0 Å². The van der Waals surface area contributed by atoms with Crippen LogP contribution in [0.3, 0.4) is 0 Å². The van der Waals surface area contributed by atoms with Gasteiger partial charge in [0.2, 0.25) is 0 Å². The first-order valence-corrected chi connectivity index (χ1v) is 5.84. The minimum absolute atomic E-state index is 0.747. The molecule has 1 heterocycles. The lowest BCUT2D eigenvalue weighted by Crippen LogP contribution is -2.34. The molecule has 1 aromatic carbocycles. The van der Waals surface area contributed by atoms with Crippen LogP contribution in [0.5, 0.6) is 0 Å². The molecule has 3 heteroatoms. The number of piperidine rings is 1. The fourth-order valence-corrected chi connectivity index (χ4v) is 2.37. The maximum atomic E-state index is 5.99. The summed E-state index contributed by atoms with van der Waals surface area (Å²) >= 11 is 5.99. The number of hydrogen-bond acceptors (Lipinski definition) is 2. The van der Waals surface area contributed by atoms with Crippen LogP contribution < -0.4 is 10.6 Å². The summed E-state index contributed by atoms with van der Waals surface area (Å²) in [6.45, 7) is 4.46. The third kappa shape index (κ3) is 2.37. The summed E-state index contributed by atoms with van der Waals surface area (Å²) in [4.78, 5) is 2.34. The van der Waals surface area contributed by atoms with Crippen LogP contribution in [0.25, 0.3) is 0 Å². The Morgan fingerprint density at radius 2 is 2.27 bits per heavy atom. The average molecular weight is 225 g/mol. The molecule has 0 radical (unpaired) electrons. The fraction of sp³-hybridized carbons (Fsp3) is 0.500. The SMILES string of the molecule is CC1CCCN(c2cc(Cl)ccc2N)C1. The number of rotatable bonds is 1. The number of nitrogens with two attached hydrogens (primary N) is 1. The second-order valence-corrected chi connectivity index (χ2v) is 4.83. The van der Waals surface area contributed by atoms with E-state index >= 15 is 0 Å². The Morgan fingerprint density at radius 3 is 3.00 bits per heavy atom. The largest absolute Gasteiger partial charge is 0.397 e. The highest BCUT2D eigenvalue weighted by Gasteiger charge is 2.18. The van der Waals surface area contributed by atoms with Crippen LogP contribution in [-0.4, -0.2) is 13.1 Å². The van der Waals surface area contributed by atoms with Gasteiger partial charge in [-0.2, -0.15) is 0 Å². The molecule has 0 aliphatic carbocycles. The zero-order chi connectivity index (χ0) is 10.8. The maximum Gasteiger partial charge on any atom is 0.0614 e. The molecule has 1 aliphatic rings. The molecule has 2 N–H and O–H groups in total. The van der Waals surface area contributed by atoms with Gasteiger partial charge in [-0.05, 0) is 37.0 Å². The van der Waals surface area contributed by atoms with Crippen molar-refractivity contribution in [3.8, 4) is 0 Å². The molecule has 1 saturated heterocycles. The van der Waals surface area contributed by atoms with Gasteiger partial charge in [-0.1, -0.05) is 18.5 Å². The zero-order valence-corrected chi connectivity index (χ0v) is 9.80. The van der Waals surface area contributed by atoms with Gasteiger partial charge in [0.05, 0.1) is 11.4 Å². The maximum absolute atomic E-state index is 5.99. The number of halogens is 1. The predicted molar refractivity (Wildman–Crippen MR) is 66.5 cm³/mol. The van der Waals surface area contributed by atoms with Gasteiger partial charge in [-0.25, -0.2) is 0 Å². The van der Waals surface area contributed by atoms with Crippen molar-refractivity contribution in [1.82, 2.24) is 0 Å². The highest BCUT2D eigenvalue weighted by molar-refractivity contribution is 6.31. The summed E-state index contributed by atoms with van der Waals surface area (Å²) in [5.41, 5.74) is 7.88. The lowest BCUT2D eigenvalue weighted by atomic mass is 9.99. The van der Waals surface area contributed by atoms with Crippen LogP contribution in [0.15, 0.2) is 18.2 Å². The molecule has 1 aromatic rings. The molecule has 0 amide bonds. The molecular weight excluding hydrogens is 208 g/mol. The lowest BCUT2D eigenvalue weighted by molar-refractivity contribution is 0.447. The number of nitrogen functional groups attached to an aromatic ring is 1. The number of nitrogens with zero attached hydrogens (tertiary/aromatic N) is 1. The van der Waals surface area contributed by atoms with Crippen molar-refractivity contribution in [2.45, 2.75) is 19.8 Å². The van der Waals surface area contributed by atoms with Crippen LogP contribution in [0.1, 0.15) is 19.8 Å². The summed E-state index contributed by atoms with van der Waals surface area (Å²) in [5.74, 6) is 0.747. The molecule has 0 saturated carbocycles. The van der Waals surface area contributed by atoms with E-state index in [-0.39, 0.29) is 0 Å². The molecule has 1 aliphatic heterocycles. The zero-order valence-electron chi connectivity index (χ0n) is 9.04. The van der Waals surface area contributed by atoms with Crippen molar-refractivity contribution < 1.29 is 0 Å². The van der Waals surface area contributed by atoms with Crippen molar-refractivity contribution in [3.63, 3.8) is 0 Å². The Balaban J connectivity index is 2.24. The summed E-state index contributed by atoms with van der Waals surface area (Å²) in [6, 6.07) is 5.69. The minimum Gasteiger partial charge on any atom is -0.397 e. The first-order chi connectivity index (χ1) is 7.16. The van der Waals surface area contributed by atoms with E-state index in [1.807, 2.05) is 18.2 Å². The van der Waals surface area contributed by atoms with Crippen molar-refractivity contribution in [3.05, 3.63) is 23.2 Å². The molecule has 15 heavy (non-hydrogen) atoms. The van der Waals surface area contributed by atoms with E-state index in [0.29, 0.717) is 0 Å². The second-order valence-electron chi connectivity index (χ2n) is 4.40. The third-order valence-electron chi connectivity index (χ3n) is 2.99. The van der Waals surface area contributed by atoms with E-state index in [2.05, 4.69) is 11.8 Å². The Morgan fingerprint density at radius 1 is 1.47 bits per heavy atom. The average Bonchev–Trinajstić information content (AvgIpc) is 2.22. The van der Waals surface area contributed by atoms with Crippen LogP contribution in [0.4, 0.5) is 11.4 Å². The topological polar surface area (TPSA) is 29.3 Å². The molecular formula is C12H17ClN2. The van der Waals surface area contributed by atoms with Crippen molar-refractivity contribution in [2.24, 2.45) is 5.92 Å². The van der Waals surface area contributed by atoms with Gasteiger partial charge in [-0.3, -0.25) is 0 Å². The highest BCUT2D eigenvalue weighted by atomic mass is 35.5. The Hall–Kier alpha value is -0.890. The van der Waals surface area contributed by atoms with Gasteiger partial charge in [0.1, 0.15) is 0 Å². The van der Waals surface area contributed by atoms with Crippen LogP contribution in [0.2, 0.25) is 5.02 Å². The van der Waals surface area contributed by atoms with Crippen molar-refractivity contribution >= 4 is 23.0 Å².